The molecule has 2 unspecified atom stereocenters. The van der Waals surface area contributed by atoms with Crippen molar-refractivity contribution in [2.45, 2.75) is 31.2 Å². The monoisotopic (exact) mass is 327 g/mol. The molecule has 3 N–H and O–H groups in total. The second kappa shape index (κ2) is 6.50. The number of carbonyl (C=O) groups is 1. The Labute approximate surface area is 121 Å². The lowest BCUT2D eigenvalue weighted by atomic mass is 9.95. The van der Waals surface area contributed by atoms with Crippen molar-refractivity contribution in [1.82, 2.24) is 0 Å². The van der Waals surface area contributed by atoms with E-state index in [1.54, 1.807) is 0 Å². The van der Waals surface area contributed by atoms with Crippen LogP contribution in [0.4, 0.5) is 0 Å². The summed E-state index contributed by atoms with van der Waals surface area (Å²) in [6, 6.07) is 5.83. The largest absolute Gasteiger partial charge is 0.481 e. The predicted molar refractivity (Wildman–Crippen MR) is 76.1 cm³/mol. The van der Waals surface area contributed by atoms with Gasteiger partial charge in [0.05, 0.1) is 6.61 Å². The van der Waals surface area contributed by atoms with Crippen LogP contribution in [0.2, 0.25) is 0 Å². The summed E-state index contributed by atoms with van der Waals surface area (Å²) in [7, 11) is 0. The van der Waals surface area contributed by atoms with Gasteiger partial charge < -0.3 is 15.6 Å². The van der Waals surface area contributed by atoms with Gasteiger partial charge in [-0.15, -0.1) is 0 Å². The van der Waals surface area contributed by atoms with Crippen LogP contribution in [0, 0.1) is 0 Å². The van der Waals surface area contributed by atoms with Crippen LogP contribution in [0.5, 0.6) is 0 Å². The molecule has 0 amide bonds. The molecule has 1 aliphatic heterocycles. The smallest absolute Gasteiger partial charge is 0.303 e. The summed E-state index contributed by atoms with van der Waals surface area (Å²) in [4.78, 5) is 10.6. The zero-order valence-corrected chi connectivity index (χ0v) is 12.2. The van der Waals surface area contributed by atoms with Crippen LogP contribution in [0.15, 0.2) is 22.7 Å². The number of carboxylic acids is 1. The minimum atomic E-state index is -0.811. The van der Waals surface area contributed by atoms with Crippen molar-refractivity contribution in [3.8, 4) is 0 Å². The highest BCUT2D eigenvalue weighted by Crippen LogP contribution is 2.33. The van der Waals surface area contributed by atoms with E-state index in [1.807, 2.05) is 12.1 Å². The summed E-state index contributed by atoms with van der Waals surface area (Å²) >= 11 is 3.58. The first-order chi connectivity index (χ1) is 9.08. The summed E-state index contributed by atoms with van der Waals surface area (Å²) in [6.45, 7) is 1.58. The quantitative estimate of drug-likeness (QED) is 0.872. The second-order valence-corrected chi connectivity index (χ2v) is 5.73. The van der Waals surface area contributed by atoms with Crippen LogP contribution in [0.1, 0.15) is 42.3 Å². The molecular formula is C14H18BrNO3. The highest BCUT2D eigenvalue weighted by Gasteiger charge is 2.20. The lowest BCUT2D eigenvalue weighted by molar-refractivity contribution is -0.137. The average molecular weight is 328 g/mol. The number of rotatable bonds is 5. The molecule has 4 nitrogen and oxygen atoms in total. The number of benzene rings is 1. The maximum Gasteiger partial charge on any atom is 0.303 e. The van der Waals surface area contributed by atoms with Crippen molar-refractivity contribution in [2.24, 2.45) is 5.73 Å². The molecule has 2 atom stereocenters. The van der Waals surface area contributed by atoms with Crippen LogP contribution in [-0.2, 0) is 9.53 Å². The molecule has 0 aliphatic carbocycles. The Morgan fingerprint density at radius 1 is 1.58 bits per heavy atom. The number of carboxylic acid groups (broad SMARTS) is 1. The molecular weight excluding hydrogens is 310 g/mol. The zero-order chi connectivity index (χ0) is 13.8. The minimum Gasteiger partial charge on any atom is -0.481 e. The molecule has 1 aromatic rings. The molecule has 0 saturated carbocycles. The Morgan fingerprint density at radius 2 is 2.37 bits per heavy atom. The van der Waals surface area contributed by atoms with Gasteiger partial charge in [0.25, 0.3) is 0 Å². The number of aliphatic carboxylic acids is 1. The molecule has 0 spiro atoms. The van der Waals surface area contributed by atoms with Crippen LogP contribution in [0.25, 0.3) is 0 Å². The number of ether oxygens (including phenoxy) is 1. The third-order valence-corrected chi connectivity index (χ3v) is 4.18. The van der Waals surface area contributed by atoms with Crippen molar-refractivity contribution in [1.29, 1.82) is 0 Å². The van der Waals surface area contributed by atoms with E-state index >= 15 is 0 Å². The molecule has 0 radical (unpaired) electrons. The molecule has 2 rings (SSSR count). The molecule has 19 heavy (non-hydrogen) atoms. The lowest BCUT2D eigenvalue weighted by Gasteiger charge is -2.15. The molecule has 1 aliphatic rings. The van der Waals surface area contributed by atoms with Gasteiger partial charge in [0, 0.05) is 29.5 Å². The summed E-state index contributed by atoms with van der Waals surface area (Å²) in [5, 5.41) is 8.67. The molecule has 1 heterocycles. The summed E-state index contributed by atoms with van der Waals surface area (Å²) in [5.74, 6) is -0.368. The van der Waals surface area contributed by atoms with Crippen molar-refractivity contribution >= 4 is 21.9 Å². The van der Waals surface area contributed by atoms with Gasteiger partial charge in [-0.3, -0.25) is 4.79 Å². The summed E-state index contributed by atoms with van der Waals surface area (Å²) < 4.78 is 6.43. The fraction of sp³-hybridized carbons (Fsp3) is 0.500. The third kappa shape index (κ3) is 3.78. The molecule has 0 aromatic heterocycles. The Kier molecular flexibility index (Phi) is 4.96. The van der Waals surface area contributed by atoms with E-state index in [0.717, 1.165) is 29.7 Å². The normalized spacial score (nSPS) is 20.4. The number of nitrogens with two attached hydrogens (primary N) is 1. The Morgan fingerprint density at radius 3 is 2.95 bits per heavy atom. The first-order valence-corrected chi connectivity index (χ1v) is 7.21. The van der Waals surface area contributed by atoms with Crippen molar-refractivity contribution in [2.75, 3.05) is 13.2 Å². The second-order valence-electron chi connectivity index (χ2n) is 4.88. The number of hydrogen-bond acceptors (Lipinski definition) is 3. The summed E-state index contributed by atoms with van der Waals surface area (Å²) in [6.07, 6.45) is 1.59. The highest BCUT2D eigenvalue weighted by molar-refractivity contribution is 9.10. The first-order valence-electron chi connectivity index (χ1n) is 6.42. The fourth-order valence-electron chi connectivity index (χ4n) is 2.33. The maximum atomic E-state index is 10.6. The van der Waals surface area contributed by atoms with Gasteiger partial charge in [-0.1, -0.05) is 28.1 Å². The predicted octanol–water partition coefficient (Wildman–Crippen LogP) is 2.82. The Bertz CT molecular complexity index is 458. The highest BCUT2D eigenvalue weighted by atomic mass is 79.9. The van der Waals surface area contributed by atoms with Crippen molar-refractivity contribution in [3.63, 3.8) is 0 Å². The summed E-state index contributed by atoms with van der Waals surface area (Å²) in [5.41, 5.74) is 8.22. The zero-order valence-electron chi connectivity index (χ0n) is 10.6. The molecule has 104 valence electrons. The molecule has 0 bridgehead atoms. The van der Waals surface area contributed by atoms with E-state index in [4.69, 9.17) is 15.6 Å². The maximum absolute atomic E-state index is 10.6. The van der Waals surface area contributed by atoms with E-state index in [2.05, 4.69) is 22.0 Å². The first kappa shape index (κ1) is 14.5. The van der Waals surface area contributed by atoms with Crippen LogP contribution >= 0.6 is 15.9 Å². The van der Waals surface area contributed by atoms with Gasteiger partial charge in [0.15, 0.2) is 0 Å². The number of halogens is 1. The van der Waals surface area contributed by atoms with Crippen molar-refractivity contribution < 1.29 is 14.6 Å². The number of hydrogen-bond donors (Lipinski definition) is 2. The van der Waals surface area contributed by atoms with E-state index in [-0.39, 0.29) is 12.5 Å². The van der Waals surface area contributed by atoms with Gasteiger partial charge in [-0.05, 0) is 30.0 Å². The lowest BCUT2D eigenvalue weighted by Crippen LogP contribution is -2.12. The van der Waals surface area contributed by atoms with Gasteiger partial charge >= 0.3 is 5.97 Å². The Hall–Kier alpha value is -0.910. The van der Waals surface area contributed by atoms with Crippen molar-refractivity contribution in [3.05, 3.63) is 33.8 Å². The van der Waals surface area contributed by atoms with E-state index in [1.165, 1.54) is 5.56 Å². The SMILES string of the molecule is NC(CCC(=O)O)c1ccc(C2CCOC2)c(Br)c1. The standard InChI is InChI=1S/C14H18BrNO3/c15-12-7-9(13(16)3-4-14(17)18)1-2-11(12)10-5-6-19-8-10/h1-2,7,10,13H,3-6,8,16H2,(H,17,18). The molecule has 1 aromatic carbocycles. The van der Waals surface area contributed by atoms with E-state index < -0.39 is 5.97 Å². The average Bonchev–Trinajstić information content (AvgIpc) is 2.89. The Balaban J connectivity index is 2.07. The molecule has 5 heteroatoms. The van der Waals surface area contributed by atoms with Gasteiger partial charge in [-0.25, -0.2) is 0 Å². The fourth-order valence-corrected chi connectivity index (χ4v) is 3.05. The van der Waals surface area contributed by atoms with Crippen LogP contribution in [0.3, 0.4) is 0 Å². The van der Waals surface area contributed by atoms with Gasteiger partial charge in [0.1, 0.15) is 0 Å². The molecule has 1 fully saturated rings. The third-order valence-electron chi connectivity index (χ3n) is 3.49. The van der Waals surface area contributed by atoms with Gasteiger partial charge in [-0.2, -0.15) is 0 Å². The van der Waals surface area contributed by atoms with Gasteiger partial charge in [0.2, 0.25) is 0 Å². The minimum absolute atomic E-state index is 0.0942. The van der Waals surface area contributed by atoms with E-state index in [0.29, 0.717) is 12.3 Å². The van der Waals surface area contributed by atoms with Crippen LogP contribution in [-0.4, -0.2) is 24.3 Å². The van der Waals surface area contributed by atoms with Crippen LogP contribution < -0.4 is 5.73 Å². The molecule has 1 saturated heterocycles. The topological polar surface area (TPSA) is 72.6 Å². The van der Waals surface area contributed by atoms with E-state index in [9.17, 15) is 4.79 Å².